The maximum atomic E-state index is 15.9. The third-order valence-corrected chi connectivity index (χ3v) is 7.98. The molecule has 2 aromatic rings. The number of hydrogen-bond acceptors (Lipinski definition) is 6. The summed E-state index contributed by atoms with van der Waals surface area (Å²) < 4.78 is 22.9. The molecule has 0 spiro atoms. The van der Waals surface area contributed by atoms with Crippen molar-refractivity contribution in [3.8, 4) is 0 Å². The molecule has 3 aliphatic rings. The largest absolute Gasteiger partial charge is 0.444 e. The minimum absolute atomic E-state index is 0.101. The van der Waals surface area contributed by atoms with E-state index in [1.165, 1.54) is 9.58 Å². The van der Waals surface area contributed by atoms with Crippen LogP contribution < -0.4 is 10.2 Å². The Bertz CT molecular complexity index is 1260. The molecule has 10 nitrogen and oxygen atoms in total. The van der Waals surface area contributed by atoms with E-state index in [9.17, 15) is 14.4 Å². The molecule has 4 amide bonds. The number of rotatable bonds is 4. The van der Waals surface area contributed by atoms with Gasteiger partial charge in [-0.25, -0.2) is 14.0 Å². The summed E-state index contributed by atoms with van der Waals surface area (Å²) in [7, 11) is 1.68. The number of fused-ring (bicyclic) bond motifs is 1. The first-order chi connectivity index (χ1) is 18.5. The minimum atomic E-state index is -0.532. The van der Waals surface area contributed by atoms with Gasteiger partial charge in [-0.05, 0) is 83.0 Å². The van der Waals surface area contributed by atoms with Gasteiger partial charge in [-0.1, -0.05) is 6.07 Å². The van der Waals surface area contributed by atoms with Crippen molar-refractivity contribution in [2.24, 2.45) is 13.0 Å². The highest BCUT2D eigenvalue weighted by Gasteiger charge is 2.32. The quantitative estimate of drug-likeness (QED) is 0.627. The highest BCUT2D eigenvalue weighted by Crippen LogP contribution is 2.36. The Balaban J connectivity index is 1.22. The Morgan fingerprint density at radius 2 is 1.87 bits per heavy atom. The van der Waals surface area contributed by atoms with Crippen molar-refractivity contribution in [2.45, 2.75) is 64.4 Å². The smallest absolute Gasteiger partial charge is 0.410 e. The molecule has 0 aliphatic carbocycles. The number of ether oxygens (including phenoxy) is 1. The normalized spacial score (nSPS) is 21.9. The van der Waals surface area contributed by atoms with Crippen LogP contribution in [0, 0.1) is 11.7 Å². The number of amides is 4. The molecular weight excluding hydrogens is 503 g/mol. The topological polar surface area (TPSA) is 100 Å². The number of likely N-dealkylation sites (tertiary alicyclic amines) is 2. The standard InChI is InChI=1S/C28H39FN6O4/c1-28(2,3)39-27(38)34-12-5-6-18(17-34)16-33-13-9-19(10-14-33)20-7-8-21-24(23(20)29)32(4)31-25(21)35-15-11-22(36)30-26(35)37/h7-8,18-19H,5-6,9-17H2,1-4H3,(H,30,36,37). The van der Waals surface area contributed by atoms with Gasteiger partial charge in [0, 0.05) is 45.0 Å². The summed E-state index contributed by atoms with van der Waals surface area (Å²) in [5, 5.41) is 7.30. The molecule has 11 heteroatoms. The number of aromatic nitrogens is 2. The highest BCUT2D eigenvalue weighted by atomic mass is 19.1. The van der Waals surface area contributed by atoms with E-state index in [1.54, 1.807) is 7.05 Å². The van der Waals surface area contributed by atoms with Crippen molar-refractivity contribution >= 4 is 34.8 Å². The summed E-state index contributed by atoms with van der Waals surface area (Å²) in [6.07, 6.45) is 3.73. The van der Waals surface area contributed by atoms with Crippen molar-refractivity contribution in [2.75, 3.05) is 44.2 Å². The molecule has 4 heterocycles. The van der Waals surface area contributed by atoms with Gasteiger partial charge >= 0.3 is 12.1 Å². The number of nitrogens with one attached hydrogen (secondary N) is 1. The number of urea groups is 1. The number of nitrogens with zero attached hydrogens (tertiary/aromatic N) is 5. The first-order valence-electron chi connectivity index (χ1n) is 14.0. The van der Waals surface area contributed by atoms with E-state index in [0.29, 0.717) is 34.7 Å². The van der Waals surface area contributed by atoms with Crippen molar-refractivity contribution in [3.63, 3.8) is 0 Å². The first kappa shape index (κ1) is 27.4. The fraction of sp³-hybridized carbons (Fsp3) is 0.643. The van der Waals surface area contributed by atoms with E-state index in [4.69, 9.17) is 4.74 Å². The number of benzene rings is 1. The van der Waals surface area contributed by atoms with Crippen LogP contribution in [0.3, 0.4) is 0 Å². The average molecular weight is 543 g/mol. The van der Waals surface area contributed by atoms with Crippen LogP contribution in [0.25, 0.3) is 10.9 Å². The van der Waals surface area contributed by atoms with Crippen LogP contribution in [0.4, 0.5) is 19.8 Å². The van der Waals surface area contributed by atoms with Crippen LogP contribution in [0.15, 0.2) is 12.1 Å². The van der Waals surface area contributed by atoms with Crippen LogP contribution in [0.1, 0.15) is 64.4 Å². The summed E-state index contributed by atoms with van der Waals surface area (Å²) >= 11 is 0. The van der Waals surface area contributed by atoms with Gasteiger partial charge in [-0.15, -0.1) is 0 Å². The fourth-order valence-electron chi connectivity index (χ4n) is 6.10. The van der Waals surface area contributed by atoms with Crippen molar-refractivity contribution in [3.05, 3.63) is 23.5 Å². The molecule has 3 aliphatic heterocycles. The Morgan fingerprint density at radius 1 is 1.13 bits per heavy atom. The number of hydrogen-bond donors (Lipinski definition) is 1. The second kappa shape index (κ2) is 10.7. The number of halogens is 1. The van der Waals surface area contributed by atoms with Gasteiger partial charge in [0.25, 0.3) is 0 Å². The molecule has 1 aromatic heterocycles. The lowest BCUT2D eigenvalue weighted by Gasteiger charge is -2.38. The van der Waals surface area contributed by atoms with Gasteiger partial charge in [-0.2, -0.15) is 5.10 Å². The van der Waals surface area contributed by atoms with Gasteiger partial charge in [-0.3, -0.25) is 19.7 Å². The molecule has 3 fully saturated rings. The summed E-state index contributed by atoms with van der Waals surface area (Å²) in [5.74, 6) is 0.266. The summed E-state index contributed by atoms with van der Waals surface area (Å²) in [4.78, 5) is 42.1. The predicted octanol–water partition coefficient (Wildman–Crippen LogP) is 3.99. The zero-order chi connectivity index (χ0) is 27.9. The number of anilines is 1. The molecule has 212 valence electrons. The Kier molecular flexibility index (Phi) is 7.54. The molecule has 0 saturated carbocycles. The third kappa shape index (κ3) is 5.88. The lowest BCUT2D eigenvalue weighted by atomic mass is 9.87. The summed E-state index contributed by atoms with van der Waals surface area (Å²) in [6, 6.07) is 3.14. The van der Waals surface area contributed by atoms with Gasteiger partial charge in [0.15, 0.2) is 11.6 Å². The molecule has 39 heavy (non-hydrogen) atoms. The van der Waals surface area contributed by atoms with Gasteiger partial charge in [0.05, 0.1) is 0 Å². The molecule has 1 unspecified atom stereocenters. The van der Waals surface area contributed by atoms with Crippen LogP contribution in [-0.4, -0.2) is 82.5 Å². The first-order valence-corrected chi connectivity index (χ1v) is 14.0. The monoisotopic (exact) mass is 542 g/mol. The van der Waals surface area contributed by atoms with Crippen LogP contribution in [0.5, 0.6) is 0 Å². The van der Waals surface area contributed by atoms with Crippen LogP contribution in [0.2, 0.25) is 0 Å². The zero-order valence-corrected chi connectivity index (χ0v) is 23.3. The van der Waals surface area contributed by atoms with Crippen LogP contribution in [-0.2, 0) is 16.6 Å². The zero-order valence-electron chi connectivity index (χ0n) is 23.3. The van der Waals surface area contributed by atoms with E-state index in [1.807, 2.05) is 37.8 Å². The maximum Gasteiger partial charge on any atom is 0.410 e. The van der Waals surface area contributed by atoms with Gasteiger partial charge in [0.1, 0.15) is 11.1 Å². The van der Waals surface area contributed by atoms with Gasteiger partial charge in [0.2, 0.25) is 5.91 Å². The Morgan fingerprint density at radius 3 is 2.56 bits per heavy atom. The Labute approximate surface area is 228 Å². The van der Waals surface area contributed by atoms with E-state index in [-0.39, 0.29) is 36.7 Å². The molecule has 1 N–H and O–H groups in total. The number of carbonyl (C=O) groups excluding carboxylic acids is 3. The molecule has 0 radical (unpaired) electrons. The number of piperidine rings is 2. The second-order valence-electron chi connectivity index (χ2n) is 12.1. The summed E-state index contributed by atoms with van der Waals surface area (Å²) in [5.41, 5.74) is 0.562. The molecular formula is C28H39FN6O4. The van der Waals surface area contributed by atoms with Crippen molar-refractivity contribution in [1.82, 2.24) is 24.9 Å². The third-order valence-electron chi connectivity index (χ3n) is 7.98. The molecule has 1 aromatic carbocycles. The predicted molar refractivity (Wildman–Crippen MR) is 145 cm³/mol. The maximum absolute atomic E-state index is 15.9. The fourth-order valence-corrected chi connectivity index (χ4v) is 6.10. The summed E-state index contributed by atoms with van der Waals surface area (Å²) in [6.45, 7) is 10.0. The number of carbonyl (C=O) groups is 3. The van der Waals surface area contributed by atoms with E-state index in [0.717, 1.165) is 51.9 Å². The number of aryl methyl sites for hydroxylation is 1. The molecule has 3 saturated heterocycles. The molecule has 0 bridgehead atoms. The highest BCUT2D eigenvalue weighted by molar-refractivity contribution is 6.08. The van der Waals surface area contributed by atoms with Crippen LogP contribution >= 0.6 is 0 Å². The lowest BCUT2D eigenvalue weighted by molar-refractivity contribution is -0.120. The average Bonchev–Trinajstić information content (AvgIpc) is 3.21. The van der Waals surface area contributed by atoms with E-state index >= 15 is 4.39 Å². The molecule has 5 rings (SSSR count). The van der Waals surface area contributed by atoms with Crippen molar-refractivity contribution < 1.29 is 23.5 Å². The second-order valence-corrected chi connectivity index (χ2v) is 12.1. The van der Waals surface area contributed by atoms with Crippen molar-refractivity contribution in [1.29, 1.82) is 0 Å². The van der Waals surface area contributed by atoms with E-state index < -0.39 is 11.6 Å². The van der Waals surface area contributed by atoms with E-state index in [2.05, 4.69) is 15.3 Å². The number of imide groups is 1. The lowest BCUT2D eigenvalue weighted by Crippen LogP contribution is -2.49. The Hall–Kier alpha value is -3.21. The minimum Gasteiger partial charge on any atom is -0.444 e. The molecule has 1 atom stereocenters. The van der Waals surface area contributed by atoms with Gasteiger partial charge < -0.3 is 14.5 Å². The SMILES string of the molecule is Cn1nc(N2CCC(=O)NC2=O)c2ccc(C3CCN(CC4CCCN(C(=O)OC(C)(C)C)C4)CC3)c(F)c21.